The van der Waals surface area contributed by atoms with Gasteiger partial charge in [0.05, 0.1) is 11.0 Å². The van der Waals surface area contributed by atoms with Gasteiger partial charge in [-0.2, -0.15) is 0 Å². The number of H-pyrrole nitrogens is 1. The molecule has 0 radical (unpaired) electrons. The maximum atomic E-state index is 15.0. The van der Waals surface area contributed by atoms with Crippen molar-refractivity contribution in [1.29, 1.82) is 0 Å². The molecule has 410 valence electrons. The van der Waals surface area contributed by atoms with Crippen molar-refractivity contribution in [2.75, 3.05) is 13.1 Å². The molecule has 9 rings (SSSR count). The van der Waals surface area contributed by atoms with Crippen molar-refractivity contribution in [2.45, 2.75) is 128 Å². The van der Waals surface area contributed by atoms with Crippen LogP contribution in [0.15, 0.2) is 77.2 Å². The highest BCUT2D eigenvalue weighted by Gasteiger charge is 2.44. The number of carbonyl (C=O) groups excluding carboxylic acids is 9. The summed E-state index contributed by atoms with van der Waals surface area (Å²) in [6.45, 7) is 4.13. The molecule has 4 aliphatic rings. The minimum Gasteiger partial charge on any atom is -0.370 e. The third-order valence-electron chi connectivity index (χ3n) is 15.9. The Morgan fingerprint density at radius 2 is 1.69 bits per heavy atom. The Bertz CT molecular complexity index is 3330. The summed E-state index contributed by atoms with van der Waals surface area (Å²) >= 11 is 6.55. The van der Waals surface area contributed by atoms with Crippen molar-refractivity contribution in [3.8, 4) is 0 Å². The first-order valence-electron chi connectivity index (χ1n) is 26.7. The minimum atomic E-state index is -1.31. The van der Waals surface area contributed by atoms with Gasteiger partial charge in [0.1, 0.15) is 36.1 Å². The van der Waals surface area contributed by atoms with E-state index in [4.69, 9.17) is 17.3 Å². The molecule has 1 aliphatic carbocycles. The predicted molar refractivity (Wildman–Crippen MR) is 290 cm³/mol. The zero-order valence-electron chi connectivity index (χ0n) is 43.9. The first-order chi connectivity index (χ1) is 37.4. The molecule has 21 heteroatoms. The molecule has 2 aromatic heterocycles. The third-order valence-corrected chi connectivity index (χ3v) is 16.3. The van der Waals surface area contributed by atoms with E-state index in [0.717, 1.165) is 36.8 Å². The van der Waals surface area contributed by atoms with Crippen molar-refractivity contribution in [2.24, 2.45) is 24.6 Å². The maximum Gasteiger partial charge on any atom is 0.329 e. The van der Waals surface area contributed by atoms with Gasteiger partial charge in [0.25, 0.3) is 11.8 Å². The van der Waals surface area contributed by atoms with Gasteiger partial charge in [-0.25, -0.2) is 4.79 Å². The molecule has 7 N–H and O–H groups in total. The van der Waals surface area contributed by atoms with Crippen molar-refractivity contribution >= 4 is 87.1 Å². The van der Waals surface area contributed by atoms with E-state index in [9.17, 15) is 47.9 Å². The lowest BCUT2D eigenvalue weighted by atomic mass is 9.79. The van der Waals surface area contributed by atoms with Crippen LogP contribution < -0.4 is 32.7 Å². The molecule has 4 atom stereocenters. The molecule has 78 heavy (non-hydrogen) atoms. The van der Waals surface area contributed by atoms with Gasteiger partial charge in [0, 0.05) is 79.0 Å². The number of nitrogens with zero attached hydrogens (tertiary/aromatic N) is 4. The summed E-state index contributed by atoms with van der Waals surface area (Å²) in [6.07, 6.45) is 7.22. The van der Waals surface area contributed by atoms with E-state index >= 15 is 0 Å². The lowest BCUT2D eigenvalue weighted by Crippen LogP contribution is -2.60. The summed E-state index contributed by atoms with van der Waals surface area (Å²) in [5.41, 5.74) is 10.8. The highest BCUT2D eigenvalue weighted by atomic mass is 35.5. The van der Waals surface area contributed by atoms with Crippen molar-refractivity contribution in [1.82, 2.24) is 45.2 Å². The van der Waals surface area contributed by atoms with E-state index in [1.165, 1.54) is 14.0 Å². The second kappa shape index (κ2) is 23.4. The highest BCUT2D eigenvalue weighted by Crippen LogP contribution is 2.35. The Morgan fingerprint density at radius 1 is 0.910 bits per heavy atom. The molecule has 2 saturated heterocycles. The SMILES string of the molecule is CC(C)c1ccc(CNC(=O)[C@H](CCC(N)=O)NC(=O)[C@@H]2CC=C3CCN(C(=O)C4CCC(CCc5ccc6c(c5)n(C)c(=O)n6C5CCC(=O)NC5=O)CC4)C[C@H](NC(=O)c4cc5cc(C=O)ccc5[nH]4)C(=O)N32)c(Cl)c1. The molecule has 3 aromatic carbocycles. The van der Waals surface area contributed by atoms with Crippen LogP contribution in [-0.4, -0.2) is 109 Å². The molecular weight excluding hydrogens is 1020 g/mol. The Balaban J connectivity index is 0.877. The summed E-state index contributed by atoms with van der Waals surface area (Å²) in [7, 11) is 1.67. The van der Waals surface area contributed by atoms with Gasteiger partial charge in [-0.1, -0.05) is 49.7 Å². The highest BCUT2D eigenvalue weighted by molar-refractivity contribution is 6.31. The van der Waals surface area contributed by atoms with Crippen LogP contribution in [0.2, 0.25) is 5.02 Å². The van der Waals surface area contributed by atoms with Gasteiger partial charge in [0.15, 0.2) is 0 Å². The van der Waals surface area contributed by atoms with Crippen LogP contribution >= 0.6 is 11.6 Å². The predicted octanol–water partition coefficient (Wildman–Crippen LogP) is 4.71. The molecule has 1 unspecified atom stereocenters. The monoisotopic (exact) mass is 1080 g/mol. The van der Waals surface area contributed by atoms with Gasteiger partial charge in [-0.15, -0.1) is 0 Å². The van der Waals surface area contributed by atoms with E-state index in [1.807, 2.05) is 50.2 Å². The number of primary amides is 1. The van der Waals surface area contributed by atoms with Crippen molar-refractivity contribution < 1.29 is 43.2 Å². The summed E-state index contributed by atoms with van der Waals surface area (Å²) < 4.78 is 2.99. The average molecular weight is 1090 g/mol. The zero-order valence-corrected chi connectivity index (χ0v) is 44.7. The average Bonchev–Trinajstić information content (AvgIpc) is 4.28. The first kappa shape index (κ1) is 54.9. The quantitative estimate of drug-likeness (QED) is 0.0551. The number of nitrogens with two attached hydrogens (primary N) is 1. The lowest BCUT2D eigenvalue weighted by molar-refractivity contribution is -0.144. The standard InChI is InChI=1S/C57H65ClN10O10/c1-31(2)36-12-13-37(40(58)26-36)28-60-51(72)42(16-20-49(59)70)62-53(74)46-18-14-39-22-23-66(29-44(56(77)67(39)46)63-52(73)43-27-38-24-34(30-69)8-15-41(38)61-43)55(76)35-10-6-32(7-11-35)4-5-33-9-17-45-48(25-33)65(3)57(78)68(45)47-19-21-50(71)64-54(47)75/h8-9,12-15,17,24-27,30-32,35,42,44,46-47,61H,4-7,10-11,16,18-23,28-29H2,1-3H3,(H2,59,70)(H,60,72)(H,62,74)(H,63,73)(H,64,71,75)/t32?,35?,42-,44-,46-,47?/m0/s1. The van der Waals surface area contributed by atoms with Crippen LogP contribution in [0.3, 0.4) is 0 Å². The summed E-state index contributed by atoms with van der Waals surface area (Å²) in [6, 6.07) is 13.4. The zero-order chi connectivity index (χ0) is 55.5. The van der Waals surface area contributed by atoms with Gasteiger partial charge >= 0.3 is 5.69 Å². The maximum absolute atomic E-state index is 15.0. The summed E-state index contributed by atoms with van der Waals surface area (Å²) in [5.74, 6) is -3.95. The number of nitrogens with one attached hydrogen (secondary N) is 5. The number of aromatic nitrogens is 3. The van der Waals surface area contributed by atoms with E-state index in [2.05, 4.69) is 26.3 Å². The Morgan fingerprint density at radius 3 is 2.41 bits per heavy atom. The molecule has 1 saturated carbocycles. The van der Waals surface area contributed by atoms with Crippen molar-refractivity contribution in [3.05, 3.63) is 116 Å². The number of imide groups is 1. The number of piperidine rings is 1. The Hall–Kier alpha value is -7.87. The van der Waals surface area contributed by atoms with E-state index in [1.54, 1.807) is 42.3 Å². The molecule has 8 amide bonds. The number of benzene rings is 3. The number of aldehydes is 1. The van der Waals surface area contributed by atoms with E-state index < -0.39 is 59.6 Å². The van der Waals surface area contributed by atoms with Crippen LogP contribution in [0, 0.1) is 11.8 Å². The fourth-order valence-corrected chi connectivity index (χ4v) is 11.7. The van der Waals surface area contributed by atoms with E-state index in [-0.39, 0.29) is 93.2 Å². The minimum absolute atomic E-state index is 0.0430. The van der Waals surface area contributed by atoms with Gasteiger partial charge in [0.2, 0.25) is 35.4 Å². The Kier molecular flexibility index (Phi) is 16.5. The lowest BCUT2D eigenvalue weighted by Gasteiger charge is -2.39. The topological polar surface area (TPSA) is 277 Å². The van der Waals surface area contributed by atoms with Crippen LogP contribution in [0.4, 0.5) is 0 Å². The van der Waals surface area contributed by atoms with Gasteiger partial charge in [-0.3, -0.25) is 57.6 Å². The number of rotatable bonds is 17. The number of fused-ring (bicyclic) bond motifs is 3. The van der Waals surface area contributed by atoms with Crippen molar-refractivity contribution in [3.63, 3.8) is 0 Å². The summed E-state index contributed by atoms with van der Waals surface area (Å²) in [4.78, 5) is 139. The molecule has 5 heterocycles. The van der Waals surface area contributed by atoms with Crippen LogP contribution in [0.1, 0.15) is 134 Å². The number of halogens is 1. The fraction of sp³-hybridized carbons (Fsp3) is 0.439. The number of hydrogen-bond acceptors (Lipinski definition) is 10. The molecule has 0 bridgehead atoms. The number of amides is 8. The largest absolute Gasteiger partial charge is 0.370 e. The number of carbonyl (C=O) groups is 9. The van der Waals surface area contributed by atoms with Crippen LogP contribution in [-0.2, 0) is 53.6 Å². The molecule has 5 aromatic rings. The number of hydrogen-bond donors (Lipinski definition) is 6. The van der Waals surface area contributed by atoms with Gasteiger partial charge < -0.3 is 36.5 Å². The molecular formula is C57H65ClN10O10. The second-order valence-corrected chi connectivity index (χ2v) is 21.8. The molecule has 20 nitrogen and oxygen atoms in total. The fourth-order valence-electron chi connectivity index (χ4n) is 11.4. The summed E-state index contributed by atoms with van der Waals surface area (Å²) in [5, 5.41) is 11.8. The number of aryl methyl sites for hydroxylation is 2. The third kappa shape index (κ3) is 11.8. The smallest absolute Gasteiger partial charge is 0.329 e. The molecule has 3 aliphatic heterocycles. The van der Waals surface area contributed by atoms with Crippen LogP contribution in [0.5, 0.6) is 0 Å². The molecule has 3 fully saturated rings. The van der Waals surface area contributed by atoms with Gasteiger partial charge in [-0.05, 0) is 129 Å². The van der Waals surface area contributed by atoms with E-state index in [0.29, 0.717) is 68.8 Å². The first-order valence-corrected chi connectivity index (χ1v) is 27.1. The number of imidazole rings is 1. The van der Waals surface area contributed by atoms with Crippen LogP contribution in [0.25, 0.3) is 21.9 Å². The Labute approximate surface area is 454 Å². The second-order valence-electron chi connectivity index (χ2n) is 21.4. The number of aromatic amines is 1. The normalized spacial score (nSPS) is 21.1. The molecule has 0 spiro atoms.